The molecule has 2 aromatic carbocycles. The van der Waals surface area contributed by atoms with E-state index < -0.39 is 17.8 Å². The van der Waals surface area contributed by atoms with Crippen molar-refractivity contribution in [2.24, 2.45) is 5.92 Å². The van der Waals surface area contributed by atoms with Crippen molar-refractivity contribution in [3.8, 4) is 0 Å². The smallest absolute Gasteiger partial charge is 0.408 e. The van der Waals surface area contributed by atoms with E-state index in [1.807, 2.05) is 93.6 Å². The molecule has 0 aliphatic carbocycles. The molecule has 0 spiro atoms. The highest BCUT2D eigenvalue weighted by Gasteiger charge is 2.38. The Kier molecular flexibility index (Phi) is 6.93. The number of nitrogens with one attached hydrogen (secondary N) is 1. The molecule has 0 bridgehead atoms. The molecule has 0 aromatic heterocycles. The molecule has 30 heavy (non-hydrogen) atoms. The fourth-order valence-electron chi connectivity index (χ4n) is 3.43. The van der Waals surface area contributed by atoms with E-state index in [-0.39, 0.29) is 17.9 Å². The zero-order valence-electron chi connectivity index (χ0n) is 17.7. The number of alkyl carbamates (subject to hydrolysis) is 1. The summed E-state index contributed by atoms with van der Waals surface area (Å²) in [4.78, 5) is 24.9. The van der Waals surface area contributed by atoms with Gasteiger partial charge in [0, 0.05) is 6.42 Å². The first-order valence-corrected chi connectivity index (χ1v) is 10.3. The first-order valence-electron chi connectivity index (χ1n) is 10.3. The molecule has 1 saturated heterocycles. The minimum Gasteiger partial charge on any atom is -0.460 e. The first kappa shape index (κ1) is 21.6. The van der Waals surface area contributed by atoms with E-state index in [0.717, 1.165) is 11.1 Å². The molecule has 1 unspecified atom stereocenters. The predicted molar refractivity (Wildman–Crippen MR) is 117 cm³/mol. The van der Waals surface area contributed by atoms with Crippen LogP contribution in [-0.2, 0) is 20.7 Å². The number of hydrogen-bond acceptors (Lipinski definition) is 4. The van der Waals surface area contributed by atoms with Crippen molar-refractivity contribution in [3.05, 3.63) is 77.9 Å². The van der Waals surface area contributed by atoms with Gasteiger partial charge in [-0.25, -0.2) is 4.79 Å². The van der Waals surface area contributed by atoms with Gasteiger partial charge in [0.05, 0.1) is 12.0 Å². The van der Waals surface area contributed by atoms with Gasteiger partial charge < -0.3 is 14.8 Å². The van der Waals surface area contributed by atoms with E-state index in [0.29, 0.717) is 12.8 Å². The highest BCUT2D eigenvalue weighted by Crippen LogP contribution is 2.27. The maximum absolute atomic E-state index is 12.5. The molecule has 0 radical (unpaired) electrons. The van der Waals surface area contributed by atoms with Gasteiger partial charge in [0.2, 0.25) is 0 Å². The third-order valence-electron chi connectivity index (χ3n) is 4.83. The van der Waals surface area contributed by atoms with Gasteiger partial charge in [-0.15, -0.1) is 0 Å². The summed E-state index contributed by atoms with van der Waals surface area (Å²) >= 11 is 0. The van der Waals surface area contributed by atoms with E-state index in [1.54, 1.807) is 0 Å². The molecule has 1 aliphatic heterocycles. The number of carbonyl (C=O) groups is 2. The molecule has 2 aromatic rings. The van der Waals surface area contributed by atoms with Crippen molar-refractivity contribution < 1.29 is 19.1 Å². The average Bonchev–Trinajstić information content (AvgIpc) is 3.07. The highest BCUT2D eigenvalue weighted by molar-refractivity contribution is 5.78. The van der Waals surface area contributed by atoms with Gasteiger partial charge in [-0.1, -0.05) is 72.8 Å². The quantitative estimate of drug-likeness (QED) is 0.701. The van der Waals surface area contributed by atoms with E-state index in [1.165, 1.54) is 0 Å². The molecule has 0 saturated carbocycles. The van der Waals surface area contributed by atoms with Gasteiger partial charge in [0.1, 0.15) is 11.7 Å². The first-order chi connectivity index (χ1) is 14.3. The second-order valence-electron chi connectivity index (χ2n) is 8.53. The van der Waals surface area contributed by atoms with Crippen LogP contribution in [0.2, 0.25) is 0 Å². The van der Waals surface area contributed by atoms with Crippen LogP contribution >= 0.6 is 0 Å². The fraction of sp³-hybridized carbons (Fsp3) is 0.360. The van der Waals surface area contributed by atoms with Gasteiger partial charge in [-0.3, -0.25) is 4.79 Å². The maximum Gasteiger partial charge on any atom is 0.408 e. The Hall–Kier alpha value is -3.08. The highest BCUT2D eigenvalue weighted by atomic mass is 16.6. The molecule has 3 rings (SSSR count). The fourth-order valence-corrected chi connectivity index (χ4v) is 3.43. The summed E-state index contributed by atoms with van der Waals surface area (Å²) in [6.07, 6.45) is 3.94. The number of amides is 1. The van der Waals surface area contributed by atoms with Crippen LogP contribution in [0.1, 0.15) is 38.3 Å². The number of cyclic esters (lactones) is 1. The van der Waals surface area contributed by atoms with Crippen LogP contribution < -0.4 is 5.32 Å². The van der Waals surface area contributed by atoms with Gasteiger partial charge in [-0.05, 0) is 38.3 Å². The minimum atomic E-state index is -0.602. The van der Waals surface area contributed by atoms with Gasteiger partial charge >= 0.3 is 12.1 Å². The molecule has 3 atom stereocenters. The number of hydrogen-bond donors (Lipinski definition) is 1. The molecular formula is C25H29NO4. The van der Waals surface area contributed by atoms with Gasteiger partial charge in [0.15, 0.2) is 0 Å². The largest absolute Gasteiger partial charge is 0.460 e. The van der Waals surface area contributed by atoms with Crippen molar-refractivity contribution in [2.45, 2.75) is 51.4 Å². The van der Waals surface area contributed by atoms with Crippen LogP contribution in [0.25, 0.3) is 6.08 Å². The van der Waals surface area contributed by atoms with Crippen LogP contribution in [-0.4, -0.2) is 29.8 Å². The average molecular weight is 408 g/mol. The molecule has 1 aliphatic rings. The number of carbonyl (C=O) groups excluding carboxylic acids is 2. The summed E-state index contributed by atoms with van der Waals surface area (Å²) < 4.78 is 11.1. The molecule has 1 N–H and O–H groups in total. The zero-order valence-corrected chi connectivity index (χ0v) is 17.7. The second-order valence-corrected chi connectivity index (χ2v) is 8.53. The van der Waals surface area contributed by atoms with Crippen LogP contribution in [0, 0.1) is 5.92 Å². The van der Waals surface area contributed by atoms with E-state index in [2.05, 4.69) is 5.32 Å². The monoisotopic (exact) mass is 407 g/mol. The van der Waals surface area contributed by atoms with Gasteiger partial charge in [-0.2, -0.15) is 0 Å². The summed E-state index contributed by atoms with van der Waals surface area (Å²) in [5, 5.41) is 2.92. The maximum atomic E-state index is 12.5. The molecule has 5 heteroatoms. The number of benzene rings is 2. The molecule has 1 heterocycles. The second kappa shape index (κ2) is 9.61. The van der Waals surface area contributed by atoms with Crippen molar-refractivity contribution in [1.82, 2.24) is 5.32 Å². The predicted octanol–water partition coefficient (Wildman–Crippen LogP) is 4.77. The molecule has 1 amide bonds. The summed E-state index contributed by atoms with van der Waals surface area (Å²) in [6.45, 7) is 5.45. The van der Waals surface area contributed by atoms with Crippen molar-refractivity contribution in [3.63, 3.8) is 0 Å². The molecule has 158 valence electrons. The van der Waals surface area contributed by atoms with E-state index in [9.17, 15) is 9.59 Å². The Balaban J connectivity index is 1.71. The van der Waals surface area contributed by atoms with Crippen molar-refractivity contribution in [2.75, 3.05) is 0 Å². The number of esters is 1. The normalized spacial score (nSPS) is 20.0. The summed E-state index contributed by atoms with van der Waals surface area (Å²) in [5.41, 5.74) is 1.48. The minimum absolute atomic E-state index is 0.267. The van der Waals surface area contributed by atoms with Crippen LogP contribution in [0.3, 0.4) is 0 Å². The SMILES string of the molecule is CC(C)(C)OC(=O)NC(Cc1ccccc1)[C@H]1C[C@@H](/C=C/c2ccccc2)C(=O)O1. The Morgan fingerprint density at radius 2 is 1.77 bits per heavy atom. The molecule has 1 fully saturated rings. The third kappa shape index (κ3) is 6.48. The lowest BCUT2D eigenvalue weighted by molar-refractivity contribution is -0.144. The Bertz CT molecular complexity index is 871. The topological polar surface area (TPSA) is 64.6 Å². The molecular weight excluding hydrogens is 378 g/mol. The Morgan fingerprint density at radius 3 is 2.40 bits per heavy atom. The summed E-state index contributed by atoms with van der Waals surface area (Å²) in [7, 11) is 0. The van der Waals surface area contributed by atoms with Crippen molar-refractivity contribution >= 4 is 18.1 Å². The lowest BCUT2D eigenvalue weighted by Gasteiger charge is -2.26. The molecule has 5 nitrogen and oxygen atoms in total. The Labute approximate surface area is 178 Å². The van der Waals surface area contributed by atoms with E-state index in [4.69, 9.17) is 9.47 Å². The van der Waals surface area contributed by atoms with Gasteiger partial charge in [0.25, 0.3) is 0 Å². The zero-order chi connectivity index (χ0) is 21.6. The number of ether oxygens (including phenoxy) is 2. The summed E-state index contributed by atoms with van der Waals surface area (Å²) in [5.74, 6) is -0.606. The third-order valence-corrected chi connectivity index (χ3v) is 4.83. The van der Waals surface area contributed by atoms with Crippen LogP contribution in [0.5, 0.6) is 0 Å². The number of rotatable bonds is 6. The lowest BCUT2D eigenvalue weighted by Crippen LogP contribution is -2.46. The Morgan fingerprint density at radius 1 is 1.13 bits per heavy atom. The summed E-state index contributed by atoms with van der Waals surface area (Å²) in [6, 6.07) is 19.3. The lowest BCUT2D eigenvalue weighted by atomic mass is 9.95. The van der Waals surface area contributed by atoms with Crippen molar-refractivity contribution in [1.29, 1.82) is 0 Å². The van der Waals surface area contributed by atoms with E-state index >= 15 is 0 Å². The van der Waals surface area contributed by atoms with Crippen LogP contribution in [0.15, 0.2) is 66.7 Å². The standard InChI is InChI=1S/C25H29NO4/c1-25(2,3)30-24(28)26-21(16-19-12-8-5-9-13-19)22-17-20(23(27)29-22)15-14-18-10-6-4-7-11-18/h4-15,20-22H,16-17H2,1-3H3,(H,26,28)/b15-14+/t20-,21?,22-/m1/s1. The van der Waals surface area contributed by atoms with Crippen LogP contribution in [0.4, 0.5) is 4.79 Å².